The zero-order valence-electron chi connectivity index (χ0n) is 14.7. The van der Waals surface area contributed by atoms with Crippen molar-refractivity contribution in [1.82, 2.24) is 29.5 Å². The number of alkyl halides is 3. The SMILES string of the molecule is O=C(c1ocnc1C(F)(F)F)N1CCc2[nH]cnc2[C@H]1c1cc2ccccn2n1. The maximum absolute atomic E-state index is 13.2. The first kappa shape index (κ1) is 17.5. The Morgan fingerprint density at radius 2 is 2.14 bits per heavy atom. The summed E-state index contributed by atoms with van der Waals surface area (Å²) in [6, 6.07) is 6.50. The molecule has 0 aromatic carbocycles. The number of nitrogens with zero attached hydrogens (tertiary/aromatic N) is 5. The van der Waals surface area contributed by atoms with E-state index in [1.165, 1.54) is 11.2 Å². The highest BCUT2D eigenvalue weighted by molar-refractivity contribution is 5.93. The van der Waals surface area contributed by atoms with Crippen LogP contribution in [0.4, 0.5) is 13.2 Å². The molecule has 0 radical (unpaired) electrons. The van der Waals surface area contributed by atoms with Crippen molar-refractivity contribution in [3.8, 4) is 0 Å². The number of aromatic amines is 1. The van der Waals surface area contributed by atoms with E-state index in [2.05, 4.69) is 20.1 Å². The fourth-order valence-corrected chi connectivity index (χ4v) is 3.62. The Morgan fingerprint density at radius 3 is 2.93 bits per heavy atom. The number of hydrogen-bond acceptors (Lipinski definition) is 5. The standard InChI is InChI=1S/C18H13F3N6O2/c19-18(20,21)16-15(29-9-24-16)17(28)26-6-4-11-13(23-8-22-11)14(26)12-7-10-3-1-2-5-27(10)25-12/h1-3,5,7-9,14H,4,6H2,(H,22,23)/t14-/m1/s1. The van der Waals surface area contributed by atoms with Crippen molar-refractivity contribution in [1.29, 1.82) is 0 Å². The second kappa shape index (κ2) is 6.19. The van der Waals surface area contributed by atoms with Crippen LogP contribution in [0.15, 0.2) is 47.6 Å². The zero-order valence-corrected chi connectivity index (χ0v) is 14.7. The highest BCUT2D eigenvalue weighted by Gasteiger charge is 2.44. The van der Waals surface area contributed by atoms with E-state index in [4.69, 9.17) is 4.42 Å². The lowest BCUT2D eigenvalue weighted by Gasteiger charge is -2.33. The predicted octanol–water partition coefficient (Wildman–Crippen LogP) is 2.85. The zero-order chi connectivity index (χ0) is 20.2. The topological polar surface area (TPSA) is 92.3 Å². The van der Waals surface area contributed by atoms with Gasteiger partial charge in [0.1, 0.15) is 6.04 Å². The maximum Gasteiger partial charge on any atom is 0.437 e. The van der Waals surface area contributed by atoms with Crippen molar-refractivity contribution < 1.29 is 22.4 Å². The molecule has 0 saturated heterocycles. The van der Waals surface area contributed by atoms with Crippen LogP contribution >= 0.6 is 0 Å². The Kier molecular flexibility index (Phi) is 3.73. The Labute approximate surface area is 161 Å². The molecule has 148 valence electrons. The lowest BCUT2D eigenvalue weighted by atomic mass is 9.99. The van der Waals surface area contributed by atoms with Gasteiger partial charge in [-0.2, -0.15) is 18.3 Å². The predicted molar refractivity (Wildman–Crippen MR) is 91.9 cm³/mol. The first-order valence-electron chi connectivity index (χ1n) is 8.71. The molecular formula is C18H13F3N6O2. The fourth-order valence-electron chi connectivity index (χ4n) is 3.62. The van der Waals surface area contributed by atoms with Crippen molar-refractivity contribution in [3.63, 3.8) is 0 Å². The third-order valence-corrected chi connectivity index (χ3v) is 4.89. The van der Waals surface area contributed by atoms with Crippen LogP contribution in [0.25, 0.3) is 5.52 Å². The van der Waals surface area contributed by atoms with Crippen LogP contribution in [0.1, 0.15) is 39.4 Å². The number of nitrogens with one attached hydrogen (secondary N) is 1. The minimum Gasteiger partial charge on any atom is -0.438 e. The number of amides is 1. The molecule has 1 N–H and O–H groups in total. The quantitative estimate of drug-likeness (QED) is 0.557. The van der Waals surface area contributed by atoms with Crippen LogP contribution in [0.3, 0.4) is 0 Å². The lowest BCUT2D eigenvalue weighted by Crippen LogP contribution is -2.41. The molecule has 1 aliphatic heterocycles. The molecule has 5 heterocycles. The average molecular weight is 402 g/mol. The van der Waals surface area contributed by atoms with Crippen molar-refractivity contribution >= 4 is 11.4 Å². The van der Waals surface area contributed by atoms with Crippen LogP contribution in [0.2, 0.25) is 0 Å². The number of rotatable bonds is 2. The summed E-state index contributed by atoms with van der Waals surface area (Å²) in [5.74, 6) is -1.75. The van der Waals surface area contributed by atoms with Gasteiger partial charge < -0.3 is 14.3 Å². The fraction of sp³-hybridized carbons (Fsp3) is 0.222. The number of carbonyl (C=O) groups excluding carboxylic acids is 1. The van der Waals surface area contributed by atoms with E-state index in [-0.39, 0.29) is 6.54 Å². The molecule has 0 fully saturated rings. The van der Waals surface area contributed by atoms with E-state index in [0.29, 0.717) is 24.2 Å². The number of pyridine rings is 1. The second-order valence-electron chi connectivity index (χ2n) is 6.58. The van der Waals surface area contributed by atoms with Crippen molar-refractivity contribution in [3.05, 3.63) is 71.7 Å². The van der Waals surface area contributed by atoms with Gasteiger partial charge in [0.25, 0.3) is 5.91 Å². The van der Waals surface area contributed by atoms with Gasteiger partial charge in [-0.25, -0.2) is 14.5 Å². The molecule has 0 saturated carbocycles. The lowest BCUT2D eigenvalue weighted by molar-refractivity contribution is -0.141. The Morgan fingerprint density at radius 1 is 1.28 bits per heavy atom. The molecule has 8 nitrogen and oxygen atoms in total. The number of H-pyrrole nitrogens is 1. The number of oxazole rings is 1. The van der Waals surface area contributed by atoms with Gasteiger partial charge in [-0.15, -0.1) is 0 Å². The molecule has 4 aromatic rings. The van der Waals surface area contributed by atoms with E-state index >= 15 is 0 Å². The van der Waals surface area contributed by atoms with Gasteiger partial charge >= 0.3 is 6.18 Å². The number of carbonyl (C=O) groups is 1. The van der Waals surface area contributed by atoms with E-state index in [1.54, 1.807) is 22.8 Å². The summed E-state index contributed by atoms with van der Waals surface area (Å²) in [4.78, 5) is 24.9. The smallest absolute Gasteiger partial charge is 0.437 e. The summed E-state index contributed by atoms with van der Waals surface area (Å²) in [5, 5.41) is 4.50. The molecule has 0 bridgehead atoms. The minimum absolute atomic E-state index is 0.171. The highest BCUT2D eigenvalue weighted by atomic mass is 19.4. The van der Waals surface area contributed by atoms with E-state index in [9.17, 15) is 18.0 Å². The third-order valence-electron chi connectivity index (χ3n) is 4.89. The van der Waals surface area contributed by atoms with Crippen molar-refractivity contribution in [2.24, 2.45) is 0 Å². The van der Waals surface area contributed by atoms with Crippen molar-refractivity contribution in [2.75, 3.05) is 6.54 Å². The van der Waals surface area contributed by atoms with Crippen LogP contribution in [-0.2, 0) is 12.6 Å². The van der Waals surface area contributed by atoms with Crippen LogP contribution in [0, 0.1) is 0 Å². The number of imidazole rings is 1. The molecule has 1 aliphatic rings. The van der Waals surface area contributed by atoms with Gasteiger partial charge in [0.05, 0.1) is 23.2 Å². The Bertz CT molecular complexity index is 1170. The third kappa shape index (κ3) is 2.77. The van der Waals surface area contributed by atoms with Gasteiger partial charge in [-0.1, -0.05) is 6.07 Å². The first-order valence-corrected chi connectivity index (χ1v) is 8.71. The van der Waals surface area contributed by atoms with Crippen LogP contribution in [-0.4, -0.2) is 41.9 Å². The molecule has 0 aliphatic carbocycles. The van der Waals surface area contributed by atoms with Crippen molar-refractivity contribution in [2.45, 2.75) is 18.6 Å². The van der Waals surface area contributed by atoms with Crippen LogP contribution < -0.4 is 0 Å². The largest absolute Gasteiger partial charge is 0.438 e. The first-order chi connectivity index (χ1) is 13.9. The molecule has 4 aromatic heterocycles. The molecule has 29 heavy (non-hydrogen) atoms. The molecule has 0 spiro atoms. The highest BCUT2D eigenvalue weighted by Crippen LogP contribution is 2.37. The summed E-state index contributed by atoms with van der Waals surface area (Å²) in [7, 11) is 0. The molecule has 0 unspecified atom stereocenters. The summed E-state index contributed by atoms with van der Waals surface area (Å²) in [6.07, 6.45) is -0.515. The monoisotopic (exact) mass is 402 g/mol. The molecule has 1 atom stereocenters. The number of fused-ring (bicyclic) bond motifs is 2. The van der Waals surface area contributed by atoms with E-state index in [0.717, 1.165) is 11.2 Å². The maximum atomic E-state index is 13.2. The number of hydrogen-bond donors (Lipinski definition) is 1. The summed E-state index contributed by atoms with van der Waals surface area (Å²) >= 11 is 0. The van der Waals surface area contributed by atoms with Crippen LogP contribution in [0.5, 0.6) is 0 Å². The summed E-state index contributed by atoms with van der Waals surface area (Å²) in [6.45, 7) is 0.171. The molecule has 1 amide bonds. The van der Waals surface area contributed by atoms with Gasteiger partial charge in [-0.3, -0.25) is 4.79 Å². The average Bonchev–Trinajstić information content (AvgIpc) is 3.44. The Hall–Kier alpha value is -3.63. The normalized spacial score (nSPS) is 16.9. The van der Waals surface area contributed by atoms with Gasteiger partial charge in [0.15, 0.2) is 12.1 Å². The minimum atomic E-state index is -4.80. The van der Waals surface area contributed by atoms with Gasteiger partial charge in [0, 0.05) is 24.9 Å². The number of halogens is 3. The number of aromatic nitrogens is 5. The molecule has 11 heteroatoms. The van der Waals surface area contributed by atoms with E-state index < -0.39 is 29.6 Å². The summed E-state index contributed by atoms with van der Waals surface area (Å²) in [5.41, 5.74) is 1.29. The molecule has 5 rings (SSSR count). The Balaban J connectivity index is 1.62. The molecular weight excluding hydrogens is 389 g/mol. The van der Waals surface area contributed by atoms with Gasteiger partial charge in [0.2, 0.25) is 5.76 Å². The second-order valence-corrected chi connectivity index (χ2v) is 6.58. The van der Waals surface area contributed by atoms with Gasteiger partial charge in [-0.05, 0) is 18.2 Å². The summed E-state index contributed by atoms with van der Waals surface area (Å²) < 4.78 is 46.2. The van der Waals surface area contributed by atoms with E-state index in [1.807, 2.05) is 12.1 Å².